The van der Waals surface area contributed by atoms with Crippen LogP contribution in [0.25, 0.3) is 0 Å². The number of carbonyl (C=O) groups is 1. The van der Waals surface area contributed by atoms with E-state index in [9.17, 15) is 14.9 Å². The first-order valence-corrected chi connectivity index (χ1v) is 9.13. The van der Waals surface area contributed by atoms with Crippen molar-refractivity contribution in [3.63, 3.8) is 0 Å². The zero-order chi connectivity index (χ0) is 19.6. The van der Waals surface area contributed by atoms with Gasteiger partial charge in [0.1, 0.15) is 17.9 Å². The van der Waals surface area contributed by atoms with Gasteiger partial charge in [0.05, 0.1) is 4.92 Å². The molecule has 1 saturated heterocycles. The van der Waals surface area contributed by atoms with Crippen molar-refractivity contribution in [2.24, 2.45) is 0 Å². The molecule has 1 aliphatic heterocycles. The minimum Gasteiger partial charge on any atom is -0.371 e. The molecule has 8 heteroatoms. The molecule has 1 aromatic heterocycles. The molecule has 1 aliphatic rings. The van der Waals surface area contributed by atoms with Crippen molar-refractivity contribution < 1.29 is 9.72 Å². The number of hydrogen-bond acceptors (Lipinski definition) is 5. The van der Waals surface area contributed by atoms with E-state index in [1.54, 1.807) is 25.8 Å². The molecule has 1 amide bonds. The number of anilines is 1. The van der Waals surface area contributed by atoms with E-state index in [1.165, 1.54) is 23.2 Å². The first-order valence-electron chi connectivity index (χ1n) is 9.13. The van der Waals surface area contributed by atoms with Gasteiger partial charge in [0.15, 0.2) is 0 Å². The van der Waals surface area contributed by atoms with Crippen molar-refractivity contribution in [1.29, 1.82) is 0 Å². The van der Waals surface area contributed by atoms with Crippen LogP contribution in [0.1, 0.15) is 29.8 Å². The number of likely N-dealkylation sites (N-methyl/N-ethyl adjacent to an activating group) is 1. The van der Waals surface area contributed by atoms with E-state index in [0.29, 0.717) is 17.9 Å². The molecule has 8 nitrogen and oxygen atoms in total. The predicted molar refractivity (Wildman–Crippen MR) is 103 cm³/mol. The second-order valence-electron chi connectivity index (χ2n) is 7.01. The SMILES string of the molecule is Cc1nn(CC(=O)N(C)Cc2ccccc2N2CCCC2)c(C)c1[N+](=O)[O-]. The van der Waals surface area contributed by atoms with E-state index in [2.05, 4.69) is 16.1 Å². The number of carbonyl (C=O) groups excluding carboxylic acids is 1. The van der Waals surface area contributed by atoms with Crippen LogP contribution in [-0.2, 0) is 17.9 Å². The van der Waals surface area contributed by atoms with Gasteiger partial charge in [-0.25, -0.2) is 0 Å². The van der Waals surface area contributed by atoms with Gasteiger partial charge in [-0.1, -0.05) is 18.2 Å². The lowest BCUT2D eigenvalue weighted by atomic mass is 10.1. The van der Waals surface area contributed by atoms with Gasteiger partial charge in [0, 0.05) is 32.4 Å². The lowest BCUT2D eigenvalue weighted by Gasteiger charge is -2.24. The Morgan fingerprint density at radius 3 is 2.56 bits per heavy atom. The Balaban J connectivity index is 1.72. The molecule has 2 aromatic rings. The molecule has 0 N–H and O–H groups in total. The number of hydrogen-bond donors (Lipinski definition) is 0. The smallest absolute Gasteiger partial charge is 0.312 e. The zero-order valence-corrected chi connectivity index (χ0v) is 16.0. The molecular formula is C19H25N5O3. The highest BCUT2D eigenvalue weighted by molar-refractivity contribution is 5.76. The topological polar surface area (TPSA) is 84.5 Å². The molecule has 27 heavy (non-hydrogen) atoms. The molecule has 0 aliphatic carbocycles. The molecule has 0 radical (unpaired) electrons. The molecule has 144 valence electrons. The van der Waals surface area contributed by atoms with Crippen LogP contribution < -0.4 is 4.90 Å². The summed E-state index contributed by atoms with van der Waals surface area (Å²) < 4.78 is 1.42. The first-order chi connectivity index (χ1) is 12.9. The van der Waals surface area contributed by atoms with Crippen LogP contribution in [0.5, 0.6) is 0 Å². The van der Waals surface area contributed by atoms with E-state index in [-0.39, 0.29) is 18.1 Å². The highest BCUT2D eigenvalue weighted by Gasteiger charge is 2.24. The van der Waals surface area contributed by atoms with Crippen LogP contribution in [-0.4, -0.2) is 45.6 Å². The molecule has 0 unspecified atom stereocenters. The number of para-hydroxylation sites is 1. The fourth-order valence-electron chi connectivity index (χ4n) is 3.61. The highest BCUT2D eigenvalue weighted by atomic mass is 16.6. The van der Waals surface area contributed by atoms with Crippen molar-refractivity contribution in [2.75, 3.05) is 25.0 Å². The van der Waals surface area contributed by atoms with Gasteiger partial charge in [-0.05, 0) is 38.3 Å². The molecule has 2 heterocycles. The average molecular weight is 371 g/mol. The summed E-state index contributed by atoms with van der Waals surface area (Å²) in [6.07, 6.45) is 2.39. The minimum absolute atomic E-state index is 0.0110. The molecule has 1 fully saturated rings. The highest BCUT2D eigenvalue weighted by Crippen LogP contribution is 2.26. The summed E-state index contributed by atoms with van der Waals surface area (Å²) in [5.74, 6) is -0.133. The second-order valence-corrected chi connectivity index (χ2v) is 7.01. The van der Waals surface area contributed by atoms with E-state index in [4.69, 9.17) is 0 Å². The van der Waals surface area contributed by atoms with Crippen LogP contribution in [0.15, 0.2) is 24.3 Å². The van der Waals surface area contributed by atoms with Crippen molar-refractivity contribution in [2.45, 2.75) is 39.8 Å². The third-order valence-electron chi connectivity index (χ3n) is 5.08. The maximum Gasteiger partial charge on any atom is 0.312 e. The predicted octanol–water partition coefficient (Wildman–Crippen LogP) is 2.67. The van der Waals surface area contributed by atoms with Crippen molar-refractivity contribution in [1.82, 2.24) is 14.7 Å². The van der Waals surface area contributed by atoms with Gasteiger partial charge in [-0.2, -0.15) is 5.10 Å². The Kier molecular flexibility index (Phi) is 5.43. The molecular weight excluding hydrogens is 346 g/mol. The Morgan fingerprint density at radius 1 is 1.26 bits per heavy atom. The van der Waals surface area contributed by atoms with Crippen LogP contribution in [0.2, 0.25) is 0 Å². The quantitative estimate of drug-likeness (QED) is 0.576. The third-order valence-corrected chi connectivity index (χ3v) is 5.08. The zero-order valence-electron chi connectivity index (χ0n) is 16.0. The fraction of sp³-hybridized carbons (Fsp3) is 0.474. The summed E-state index contributed by atoms with van der Waals surface area (Å²) in [7, 11) is 1.75. The number of nitrogens with zero attached hydrogens (tertiary/aromatic N) is 5. The summed E-state index contributed by atoms with van der Waals surface area (Å²) >= 11 is 0. The van der Waals surface area contributed by atoms with E-state index in [0.717, 1.165) is 18.7 Å². The van der Waals surface area contributed by atoms with E-state index in [1.807, 2.05) is 18.2 Å². The molecule has 0 spiro atoms. The maximum atomic E-state index is 12.7. The summed E-state index contributed by atoms with van der Waals surface area (Å²) in [6.45, 7) is 5.78. The maximum absolute atomic E-state index is 12.7. The summed E-state index contributed by atoms with van der Waals surface area (Å²) in [5.41, 5.74) is 2.99. The van der Waals surface area contributed by atoms with E-state index < -0.39 is 4.92 Å². The largest absolute Gasteiger partial charge is 0.371 e. The second kappa shape index (κ2) is 7.77. The lowest BCUT2D eigenvalue weighted by molar-refractivity contribution is -0.386. The van der Waals surface area contributed by atoms with Crippen LogP contribution in [0.4, 0.5) is 11.4 Å². The van der Waals surface area contributed by atoms with E-state index >= 15 is 0 Å². The Labute approximate surface area is 158 Å². The molecule has 0 bridgehead atoms. The Morgan fingerprint density at radius 2 is 1.93 bits per heavy atom. The summed E-state index contributed by atoms with van der Waals surface area (Å²) in [6, 6.07) is 8.15. The summed E-state index contributed by atoms with van der Waals surface area (Å²) in [5, 5.41) is 15.3. The number of aromatic nitrogens is 2. The molecule has 0 atom stereocenters. The number of amides is 1. The number of benzene rings is 1. The first kappa shape index (κ1) is 18.9. The lowest BCUT2D eigenvalue weighted by Crippen LogP contribution is -2.31. The average Bonchev–Trinajstić information content (AvgIpc) is 3.24. The summed E-state index contributed by atoms with van der Waals surface area (Å²) in [4.78, 5) is 27.4. The van der Waals surface area contributed by atoms with Crippen molar-refractivity contribution >= 4 is 17.3 Å². The normalized spacial score (nSPS) is 13.8. The van der Waals surface area contributed by atoms with Crippen molar-refractivity contribution in [3.8, 4) is 0 Å². The Hall–Kier alpha value is -2.90. The van der Waals surface area contributed by atoms with Gasteiger partial charge in [-0.3, -0.25) is 19.6 Å². The van der Waals surface area contributed by atoms with Crippen LogP contribution >= 0.6 is 0 Å². The van der Waals surface area contributed by atoms with Crippen molar-refractivity contribution in [3.05, 3.63) is 51.3 Å². The van der Waals surface area contributed by atoms with Gasteiger partial charge >= 0.3 is 5.69 Å². The molecule has 0 saturated carbocycles. The number of aryl methyl sites for hydroxylation is 1. The third kappa shape index (κ3) is 3.94. The van der Waals surface area contributed by atoms with Gasteiger partial charge in [-0.15, -0.1) is 0 Å². The fourth-order valence-corrected chi connectivity index (χ4v) is 3.61. The molecule has 1 aromatic carbocycles. The number of rotatable bonds is 6. The minimum atomic E-state index is -0.450. The number of nitro groups is 1. The van der Waals surface area contributed by atoms with Crippen LogP contribution in [0, 0.1) is 24.0 Å². The monoisotopic (exact) mass is 371 g/mol. The molecule has 3 rings (SSSR count). The standard InChI is InChI=1S/C19H25N5O3/c1-14-19(24(26)27)15(2)23(20-14)13-18(25)21(3)12-16-8-4-5-9-17(16)22-10-6-7-11-22/h4-5,8-9H,6-7,10-13H2,1-3H3. The van der Waals surface area contributed by atoms with Crippen LogP contribution in [0.3, 0.4) is 0 Å². The Bertz CT molecular complexity index is 855. The van der Waals surface area contributed by atoms with Gasteiger partial charge < -0.3 is 9.80 Å². The van der Waals surface area contributed by atoms with Gasteiger partial charge in [0.2, 0.25) is 5.91 Å². The van der Waals surface area contributed by atoms with Gasteiger partial charge in [0.25, 0.3) is 0 Å².